The Morgan fingerprint density at radius 3 is 1.36 bits per heavy atom. The third-order valence-corrected chi connectivity index (χ3v) is 15.7. The predicted octanol–water partition coefficient (Wildman–Crippen LogP) is 8.63. The van der Waals surface area contributed by atoms with Crippen molar-refractivity contribution in [2.75, 3.05) is 66.7 Å². The van der Waals surface area contributed by atoms with Gasteiger partial charge in [0.05, 0.1) is 13.2 Å². The van der Waals surface area contributed by atoms with E-state index >= 15 is 0 Å². The smallest absolute Gasteiger partial charge is 0.256 e. The third kappa shape index (κ3) is 12.9. The van der Waals surface area contributed by atoms with E-state index in [0.29, 0.717) is 92.8 Å². The van der Waals surface area contributed by atoms with Gasteiger partial charge in [-0.3, -0.25) is 9.59 Å². The summed E-state index contributed by atoms with van der Waals surface area (Å²) in [5.74, 6) is 1.81. The van der Waals surface area contributed by atoms with Gasteiger partial charge in [0, 0.05) is 87.9 Å². The molecule has 15 nitrogen and oxygen atoms in total. The van der Waals surface area contributed by atoms with Gasteiger partial charge in [-0.2, -0.15) is 9.97 Å². The minimum absolute atomic E-state index is 0.106. The maximum atomic E-state index is 13.1. The van der Waals surface area contributed by atoms with Gasteiger partial charge in [-0.05, 0) is 102 Å². The molecule has 5 heterocycles. The van der Waals surface area contributed by atoms with Crippen LogP contribution in [0.5, 0.6) is 0 Å². The molecule has 17 heteroatoms. The predicted molar refractivity (Wildman–Crippen MR) is 288 cm³/mol. The molecule has 0 atom stereocenters. The van der Waals surface area contributed by atoms with E-state index in [2.05, 4.69) is 53.0 Å². The Morgan fingerprint density at radius 2 is 0.986 bits per heavy atom. The number of likely N-dealkylation sites (tertiary alicyclic amines) is 1. The number of hydrogen-bond acceptors (Lipinski definition) is 13. The minimum Gasteiger partial charge on any atom is -0.392 e. The number of amides is 2. The lowest BCUT2D eigenvalue weighted by Gasteiger charge is -2.52. The van der Waals surface area contributed by atoms with E-state index in [1.165, 1.54) is 32.1 Å². The second-order valence-corrected chi connectivity index (χ2v) is 20.9. The summed E-state index contributed by atoms with van der Waals surface area (Å²) in [6.45, 7) is 7.50. The number of piperidine rings is 2. The minimum atomic E-state index is -0.235. The first-order valence-electron chi connectivity index (χ1n) is 25.3. The number of aliphatic hydroxyl groups is 2. The van der Waals surface area contributed by atoms with Crippen LogP contribution in [0.15, 0.2) is 109 Å². The van der Waals surface area contributed by atoms with E-state index in [1.54, 1.807) is 18.5 Å². The van der Waals surface area contributed by atoms with Crippen molar-refractivity contribution >= 4 is 58.5 Å². The van der Waals surface area contributed by atoms with Crippen molar-refractivity contribution in [2.45, 2.75) is 84.3 Å². The van der Waals surface area contributed by atoms with E-state index in [1.807, 2.05) is 91.0 Å². The van der Waals surface area contributed by atoms with Crippen LogP contribution in [0.2, 0.25) is 10.0 Å². The highest BCUT2D eigenvalue weighted by Gasteiger charge is 2.43. The van der Waals surface area contributed by atoms with Gasteiger partial charge in [0.25, 0.3) is 11.8 Å². The summed E-state index contributed by atoms with van der Waals surface area (Å²) in [5, 5.41) is 32.4. The monoisotopic (exact) mass is 1030 g/mol. The number of carbonyl (C=O) groups is 2. The van der Waals surface area contributed by atoms with Gasteiger partial charge in [0.1, 0.15) is 22.8 Å². The lowest BCUT2D eigenvalue weighted by atomic mass is 9.63. The molecule has 4 fully saturated rings. The van der Waals surface area contributed by atoms with Crippen molar-refractivity contribution in [2.24, 2.45) is 10.8 Å². The summed E-state index contributed by atoms with van der Waals surface area (Å²) >= 11 is 12.6. The Labute approximate surface area is 437 Å². The number of halogens is 2. The highest BCUT2D eigenvalue weighted by molar-refractivity contribution is 6.31. The van der Waals surface area contributed by atoms with Crippen LogP contribution in [-0.2, 0) is 39.4 Å². The molecule has 6 aromatic rings. The molecule has 4 aliphatic rings. The first-order valence-corrected chi connectivity index (χ1v) is 26.1. The number of aromatic nitrogens is 4. The number of benzene rings is 4. The quantitative estimate of drug-likeness (QED) is 0.0542. The topological polar surface area (TPSA) is 184 Å². The van der Waals surface area contributed by atoms with Gasteiger partial charge in [-0.25, -0.2) is 9.97 Å². The largest absolute Gasteiger partial charge is 0.392 e. The fourth-order valence-corrected chi connectivity index (χ4v) is 10.9. The lowest BCUT2D eigenvalue weighted by Crippen LogP contribution is -2.58. The van der Waals surface area contributed by atoms with Crippen molar-refractivity contribution in [3.63, 3.8) is 0 Å². The fraction of sp³-hybridized carbons (Fsp3) is 0.393. The number of nitrogens with one attached hydrogen (secondary N) is 4. The zero-order valence-corrected chi connectivity index (χ0v) is 42.9. The summed E-state index contributed by atoms with van der Waals surface area (Å²) in [5.41, 5.74) is 7.02. The standard InChI is InChI=1S/C28H33ClN6O2.C28H32ClN5O2/c1-34-18-28(19-34)9-11-35(12-10-28)27-32-16-23(26(37)31-14-20-5-3-2-4-6-20)25(33-27)30-15-21-7-8-22(17-36)24(29)13-21;29-24-15-21(7-8-22(24)19-35)17-30-25-23(26(36)31-16-20-5-2-1-3-6-20)18-32-27(33-25)34-13-11-28(12-14-34)9-4-10-28/h2-8,13,16,36H,9-12,14-15,17-19H2,1H3,(H,31,37)(H,30,32,33);1-3,5-8,15,18,35H,4,9-14,16-17,19H2,(H,31,36)(H,30,32,33). The molecule has 0 bridgehead atoms. The van der Waals surface area contributed by atoms with Crippen LogP contribution in [0.1, 0.15) is 99.0 Å². The average molecular weight is 1030 g/mol. The average Bonchev–Trinajstić information content (AvgIpc) is 3.40. The number of aliphatic hydroxyl groups excluding tert-OH is 2. The molecule has 2 spiro atoms. The molecular weight excluding hydrogens is 962 g/mol. The van der Waals surface area contributed by atoms with E-state index in [0.717, 1.165) is 74.4 Å². The van der Waals surface area contributed by atoms with Crippen molar-refractivity contribution in [3.8, 4) is 0 Å². The number of hydrogen-bond donors (Lipinski definition) is 6. The van der Waals surface area contributed by atoms with E-state index < -0.39 is 0 Å². The number of anilines is 4. The molecule has 10 rings (SSSR count). The molecule has 6 N–H and O–H groups in total. The molecule has 73 heavy (non-hydrogen) atoms. The SMILES string of the molecule is CN1CC2(CCN(c3ncc(C(=O)NCc4ccccc4)c(NCc4ccc(CO)c(Cl)c4)n3)CC2)C1.O=C(NCc1ccccc1)c1cnc(N2CCC3(CCC3)CC2)nc1NCc1ccc(CO)c(Cl)c1. The van der Waals surface area contributed by atoms with Crippen molar-refractivity contribution in [1.29, 1.82) is 0 Å². The fourth-order valence-electron chi connectivity index (χ4n) is 10.4. The summed E-state index contributed by atoms with van der Waals surface area (Å²) in [7, 11) is 2.17. The number of carbonyl (C=O) groups excluding carboxylic acids is 2. The van der Waals surface area contributed by atoms with Crippen LogP contribution >= 0.6 is 23.2 Å². The van der Waals surface area contributed by atoms with E-state index in [-0.39, 0.29) is 25.0 Å². The van der Waals surface area contributed by atoms with Gasteiger partial charge >= 0.3 is 0 Å². The Morgan fingerprint density at radius 1 is 0.562 bits per heavy atom. The number of rotatable bonds is 16. The van der Waals surface area contributed by atoms with Crippen LogP contribution < -0.4 is 31.1 Å². The van der Waals surface area contributed by atoms with E-state index in [4.69, 9.17) is 33.2 Å². The van der Waals surface area contributed by atoms with Crippen molar-refractivity contribution in [3.05, 3.63) is 164 Å². The molecule has 1 saturated carbocycles. The van der Waals surface area contributed by atoms with Crippen molar-refractivity contribution in [1.82, 2.24) is 35.5 Å². The molecule has 4 aromatic carbocycles. The zero-order chi connectivity index (χ0) is 50.8. The maximum Gasteiger partial charge on any atom is 0.256 e. The summed E-state index contributed by atoms with van der Waals surface area (Å²) in [6.07, 6.45) is 11.9. The Bertz CT molecular complexity index is 2830. The van der Waals surface area contributed by atoms with Gasteiger partial charge in [0.15, 0.2) is 0 Å². The normalized spacial score (nSPS) is 16.7. The Hall–Kier alpha value is -6.36. The van der Waals surface area contributed by atoms with Gasteiger partial charge < -0.3 is 46.2 Å². The Kier molecular flexibility index (Phi) is 16.7. The van der Waals surface area contributed by atoms with Crippen molar-refractivity contribution < 1.29 is 19.8 Å². The second kappa shape index (κ2) is 23.7. The van der Waals surface area contributed by atoms with Crippen LogP contribution in [-0.4, -0.2) is 93.2 Å². The molecule has 2 amide bonds. The maximum absolute atomic E-state index is 13.1. The first kappa shape index (κ1) is 51.5. The molecule has 0 radical (unpaired) electrons. The number of nitrogens with zero attached hydrogens (tertiary/aromatic N) is 7. The molecule has 0 unspecified atom stereocenters. The van der Waals surface area contributed by atoms with Crippen LogP contribution in [0.3, 0.4) is 0 Å². The van der Waals surface area contributed by atoms with Gasteiger partial charge in [0.2, 0.25) is 11.9 Å². The molecule has 1 aliphatic carbocycles. The zero-order valence-electron chi connectivity index (χ0n) is 41.4. The van der Waals surface area contributed by atoms with Gasteiger partial charge in [-0.1, -0.05) is 115 Å². The molecule has 3 aliphatic heterocycles. The molecule has 3 saturated heterocycles. The molecule has 2 aromatic heterocycles. The van der Waals surface area contributed by atoms with Crippen LogP contribution in [0.4, 0.5) is 23.5 Å². The summed E-state index contributed by atoms with van der Waals surface area (Å²) in [4.78, 5) is 51.9. The van der Waals surface area contributed by atoms with Crippen LogP contribution in [0.25, 0.3) is 0 Å². The third-order valence-electron chi connectivity index (χ3n) is 15.0. The second-order valence-electron chi connectivity index (χ2n) is 20.1. The molecule has 382 valence electrons. The highest BCUT2D eigenvalue weighted by Crippen LogP contribution is 2.49. The summed E-state index contributed by atoms with van der Waals surface area (Å²) < 4.78 is 0. The summed E-state index contributed by atoms with van der Waals surface area (Å²) in [6, 6.07) is 30.7. The first-order chi connectivity index (χ1) is 35.5. The molecular formula is C56H65Cl2N11O4. The Balaban J connectivity index is 0.000000180. The van der Waals surface area contributed by atoms with Gasteiger partial charge in [-0.15, -0.1) is 0 Å². The van der Waals surface area contributed by atoms with E-state index in [9.17, 15) is 19.8 Å². The van der Waals surface area contributed by atoms with Crippen LogP contribution in [0, 0.1) is 10.8 Å². The highest BCUT2D eigenvalue weighted by atomic mass is 35.5. The lowest BCUT2D eigenvalue weighted by molar-refractivity contribution is 0.00111.